The van der Waals surface area contributed by atoms with Gasteiger partial charge in [-0.25, -0.2) is 9.97 Å². The molecular weight excluding hydrogens is 304 g/mol. The van der Waals surface area contributed by atoms with Crippen LogP contribution in [-0.2, 0) is 0 Å². The predicted octanol–water partition coefficient (Wildman–Crippen LogP) is 3.84. The van der Waals surface area contributed by atoms with Gasteiger partial charge < -0.3 is 10.6 Å². The Bertz CT molecular complexity index is 530. The van der Waals surface area contributed by atoms with Gasteiger partial charge in [0, 0.05) is 7.05 Å². The molecule has 0 aliphatic heterocycles. The summed E-state index contributed by atoms with van der Waals surface area (Å²) in [4.78, 5) is 8.45. The van der Waals surface area contributed by atoms with Crippen molar-refractivity contribution in [3.8, 4) is 0 Å². The molecule has 2 N–H and O–H groups in total. The van der Waals surface area contributed by atoms with Crippen molar-refractivity contribution >= 4 is 27.6 Å². The topological polar surface area (TPSA) is 49.8 Å². The fourth-order valence-corrected chi connectivity index (χ4v) is 2.43. The van der Waals surface area contributed by atoms with Crippen LogP contribution in [-0.4, -0.2) is 17.0 Å². The molecular formula is C14H17BrN4. The lowest BCUT2D eigenvalue weighted by atomic mass is 10.0. The first-order chi connectivity index (χ1) is 9.26. The minimum Gasteiger partial charge on any atom is -0.372 e. The number of aromatic nitrogens is 2. The Balaban J connectivity index is 2.24. The summed E-state index contributed by atoms with van der Waals surface area (Å²) in [5.41, 5.74) is 1.25. The van der Waals surface area contributed by atoms with Crippen LogP contribution in [0, 0.1) is 0 Å². The van der Waals surface area contributed by atoms with Crippen molar-refractivity contribution in [2.45, 2.75) is 19.4 Å². The van der Waals surface area contributed by atoms with Gasteiger partial charge >= 0.3 is 0 Å². The van der Waals surface area contributed by atoms with E-state index < -0.39 is 0 Å². The van der Waals surface area contributed by atoms with Crippen LogP contribution in [0.4, 0.5) is 11.6 Å². The van der Waals surface area contributed by atoms with Gasteiger partial charge in [-0.05, 0) is 27.9 Å². The second kappa shape index (κ2) is 6.52. The number of benzene rings is 1. The van der Waals surface area contributed by atoms with Gasteiger partial charge in [0.05, 0.1) is 6.04 Å². The normalized spacial score (nSPS) is 11.9. The van der Waals surface area contributed by atoms with Crippen molar-refractivity contribution in [3.05, 3.63) is 46.7 Å². The van der Waals surface area contributed by atoms with E-state index in [1.807, 2.05) is 25.2 Å². The predicted molar refractivity (Wildman–Crippen MR) is 82.4 cm³/mol. The maximum absolute atomic E-state index is 4.29. The van der Waals surface area contributed by atoms with Crippen LogP contribution in [0.5, 0.6) is 0 Å². The number of nitrogens with one attached hydrogen (secondary N) is 2. The third kappa shape index (κ3) is 3.23. The molecule has 1 aromatic carbocycles. The van der Waals surface area contributed by atoms with Gasteiger partial charge in [0.2, 0.25) is 0 Å². The molecule has 0 amide bonds. The third-order valence-electron chi connectivity index (χ3n) is 2.95. The number of nitrogens with zero attached hydrogens (tertiary/aromatic N) is 2. The molecule has 0 radical (unpaired) electrons. The van der Waals surface area contributed by atoms with Crippen molar-refractivity contribution < 1.29 is 0 Å². The van der Waals surface area contributed by atoms with Gasteiger partial charge in [-0.15, -0.1) is 0 Å². The van der Waals surface area contributed by atoms with Crippen molar-refractivity contribution in [2.24, 2.45) is 0 Å². The Kier molecular flexibility index (Phi) is 4.74. The number of rotatable bonds is 5. The Hall–Kier alpha value is -1.62. The van der Waals surface area contributed by atoms with Gasteiger partial charge in [-0.1, -0.05) is 37.3 Å². The van der Waals surface area contributed by atoms with Crippen LogP contribution in [0.1, 0.15) is 24.9 Å². The molecule has 0 fully saturated rings. The lowest BCUT2D eigenvalue weighted by Gasteiger charge is -2.19. The fraction of sp³-hybridized carbons (Fsp3) is 0.286. The summed E-state index contributed by atoms with van der Waals surface area (Å²) in [6.07, 6.45) is 2.53. The average molecular weight is 321 g/mol. The highest BCUT2D eigenvalue weighted by molar-refractivity contribution is 9.10. The average Bonchev–Trinajstić information content (AvgIpc) is 2.47. The van der Waals surface area contributed by atoms with Gasteiger partial charge in [0.25, 0.3) is 0 Å². The molecule has 100 valence electrons. The standard InChI is InChI=1S/C14H17BrN4/c1-3-11(10-7-5-4-6-8-10)19-14-12(15)13(16-2)17-9-18-14/h4-9,11H,3H2,1-2H3,(H2,16,17,18,19). The summed E-state index contributed by atoms with van der Waals surface area (Å²) in [6.45, 7) is 2.15. The van der Waals surface area contributed by atoms with E-state index in [1.165, 1.54) is 5.56 Å². The van der Waals surface area contributed by atoms with Crippen LogP contribution in [0.15, 0.2) is 41.1 Å². The zero-order chi connectivity index (χ0) is 13.7. The highest BCUT2D eigenvalue weighted by Gasteiger charge is 2.13. The minimum atomic E-state index is 0.233. The lowest BCUT2D eigenvalue weighted by Crippen LogP contribution is -2.12. The van der Waals surface area contributed by atoms with E-state index in [0.717, 1.165) is 22.5 Å². The van der Waals surface area contributed by atoms with Crippen LogP contribution in [0.2, 0.25) is 0 Å². The Labute approximate surface area is 121 Å². The Morgan fingerprint density at radius 1 is 1.16 bits per heavy atom. The van der Waals surface area contributed by atoms with E-state index in [1.54, 1.807) is 6.33 Å². The summed E-state index contributed by atoms with van der Waals surface area (Å²) in [5, 5.41) is 6.48. The van der Waals surface area contributed by atoms with Gasteiger partial charge in [-0.3, -0.25) is 0 Å². The Morgan fingerprint density at radius 3 is 2.47 bits per heavy atom. The smallest absolute Gasteiger partial charge is 0.146 e. The van der Waals surface area contributed by atoms with Gasteiger partial charge in [0.1, 0.15) is 22.4 Å². The van der Waals surface area contributed by atoms with Crippen molar-refractivity contribution in [3.63, 3.8) is 0 Å². The summed E-state index contributed by atoms with van der Waals surface area (Å²) in [7, 11) is 1.84. The minimum absolute atomic E-state index is 0.233. The molecule has 1 heterocycles. The molecule has 0 aliphatic carbocycles. The first-order valence-corrected chi connectivity index (χ1v) is 7.05. The number of hydrogen-bond acceptors (Lipinski definition) is 4. The molecule has 0 spiro atoms. The van der Waals surface area contributed by atoms with Crippen LogP contribution in [0.3, 0.4) is 0 Å². The molecule has 4 nitrogen and oxygen atoms in total. The maximum atomic E-state index is 4.29. The molecule has 1 atom stereocenters. The number of hydrogen-bond donors (Lipinski definition) is 2. The van der Waals surface area contributed by atoms with Gasteiger partial charge in [-0.2, -0.15) is 0 Å². The van der Waals surface area contributed by atoms with E-state index >= 15 is 0 Å². The first-order valence-electron chi connectivity index (χ1n) is 6.26. The molecule has 0 saturated heterocycles. The van der Waals surface area contributed by atoms with E-state index in [0.29, 0.717) is 0 Å². The first kappa shape index (κ1) is 13.8. The third-order valence-corrected chi connectivity index (χ3v) is 3.70. The lowest BCUT2D eigenvalue weighted by molar-refractivity contribution is 0.743. The molecule has 5 heteroatoms. The van der Waals surface area contributed by atoms with Gasteiger partial charge in [0.15, 0.2) is 0 Å². The SMILES string of the molecule is CCC(Nc1ncnc(NC)c1Br)c1ccccc1. The summed E-state index contributed by atoms with van der Waals surface area (Å²) in [5.74, 6) is 1.58. The summed E-state index contributed by atoms with van der Waals surface area (Å²) < 4.78 is 0.854. The largest absolute Gasteiger partial charge is 0.372 e. The van der Waals surface area contributed by atoms with Crippen LogP contribution >= 0.6 is 15.9 Å². The molecule has 0 aliphatic rings. The number of anilines is 2. The zero-order valence-electron chi connectivity index (χ0n) is 11.0. The Morgan fingerprint density at radius 2 is 1.84 bits per heavy atom. The van der Waals surface area contributed by atoms with Crippen LogP contribution < -0.4 is 10.6 Å². The molecule has 19 heavy (non-hydrogen) atoms. The van der Waals surface area contributed by atoms with Crippen LogP contribution in [0.25, 0.3) is 0 Å². The summed E-state index contributed by atoms with van der Waals surface area (Å²) in [6, 6.07) is 10.6. The molecule has 1 aromatic heterocycles. The highest BCUT2D eigenvalue weighted by Crippen LogP contribution is 2.30. The van der Waals surface area contributed by atoms with E-state index in [9.17, 15) is 0 Å². The maximum Gasteiger partial charge on any atom is 0.146 e. The number of halogens is 1. The molecule has 1 unspecified atom stereocenters. The zero-order valence-corrected chi connectivity index (χ0v) is 12.6. The molecule has 2 aromatic rings. The summed E-state index contributed by atoms with van der Waals surface area (Å²) >= 11 is 3.52. The highest BCUT2D eigenvalue weighted by atomic mass is 79.9. The van der Waals surface area contributed by atoms with Crippen molar-refractivity contribution in [2.75, 3.05) is 17.7 Å². The van der Waals surface area contributed by atoms with E-state index in [4.69, 9.17) is 0 Å². The second-order valence-corrected chi connectivity index (χ2v) is 4.94. The molecule has 0 saturated carbocycles. The van der Waals surface area contributed by atoms with E-state index in [-0.39, 0.29) is 6.04 Å². The monoisotopic (exact) mass is 320 g/mol. The molecule has 0 bridgehead atoms. The van der Waals surface area contributed by atoms with E-state index in [2.05, 4.69) is 55.6 Å². The second-order valence-electron chi connectivity index (χ2n) is 4.15. The van der Waals surface area contributed by atoms with Crippen molar-refractivity contribution in [1.82, 2.24) is 9.97 Å². The fourth-order valence-electron chi connectivity index (χ4n) is 1.92. The molecule has 2 rings (SSSR count). The quantitative estimate of drug-likeness (QED) is 0.878. The van der Waals surface area contributed by atoms with Crippen molar-refractivity contribution in [1.29, 1.82) is 0 Å².